The van der Waals surface area contributed by atoms with Gasteiger partial charge in [-0.25, -0.2) is 0 Å². The number of allylic oxidation sites excluding steroid dienone is 6. The third kappa shape index (κ3) is 5.72. The molecule has 192 valence electrons. The summed E-state index contributed by atoms with van der Waals surface area (Å²) >= 11 is 0. The summed E-state index contributed by atoms with van der Waals surface area (Å²) in [4.78, 5) is 0. The van der Waals surface area contributed by atoms with Crippen molar-refractivity contribution in [2.24, 2.45) is 5.41 Å². The van der Waals surface area contributed by atoms with Crippen molar-refractivity contribution in [2.75, 3.05) is 0 Å². The lowest BCUT2D eigenvalue weighted by atomic mass is 9.75. The SMILES string of the molecule is C1=CC(C=C(c2ccccc2)c2ccccc2)(C=C(c2ccccc2)c2ccccc2)C=CC1c1ccccc1. The minimum atomic E-state index is -0.437. The van der Waals surface area contributed by atoms with Gasteiger partial charge < -0.3 is 0 Å². The Bertz CT molecular complexity index is 1450. The molecule has 0 atom stereocenters. The van der Waals surface area contributed by atoms with Crippen LogP contribution in [0.25, 0.3) is 11.1 Å². The maximum atomic E-state index is 2.43. The van der Waals surface area contributed by atoms with E-state index < -0.39 is 5.41 Å². The lowest BCUT2D eigenvalue weighted by Crippen LogP contribution is -2.15. The Morgan fingerprint density at radius 1 is 0.400 bits per heavy atom. The zero-order chi connectivity index (χ0) is 27.0. The molecule has 0 bridgehead atoms. The van der Waals surface area contributed by atoms with E-state index in [0.717, 1.165) is 0 Å². The molecule has 0 fully saturated rings. The second kappa shape index (κ2) is 11.8. The fourth-order valence-electron chi connectivity index (χ4n) is 5.43. The van der Waals surface area contributed by atoms with Gasteiger partial charge in [-0.05, 0) is 39.0 Å². The first kappa shape index (κ1) is 25.3. The van der Waals surface area contributed by atoms with Gasteiger partial charge in [-0.1, -0.05) is 188 Å². The smallest absolute Gasteiger partial charge is 0.0442 e. The molecular formula is C40H32. The molecule has 0 radical (unpaired) electrons. The van der Waals surface area contributed by atoms with Crippen LogP contribution in [0.2, 0.25) is 0 Å². The molecule has 0 aromatic heterocycles. The fourth-order valence-corrected chi connectivity index (χ4v) is 5.43. The molecule has 5 aromatic carbocycles. The number of hydrogen-bond donors (Lipinski definition) is 0. The van der Waals surface area contributed by atoms with Gasteiger partial charge in [0.2, 0.25) is 0 Å². The van der Waals surface area contributed by atoms with Crippen LogP contribution in [-0.4, -0.2) is 0 Å². The van der Waals surface area contributed by atoms with Crippen LogP contribution in [0.15, 0.2) is 188 Å². The summed E-state index contributed by atoms with van der Waals surface area (Å²) in [5.41, 5.74) is 8.10. The van der Waals surface area contributed by atoms with Crippen molar-refractivity contribution in [1.29, 1.82) is 0 Å². The van der Waals surface area contributed by atoms with Crippen molar-refractivity contribution in [3.63, 3.8) is 0 Å². The van der Waals surface area contributed by atoms with E-state index in [1.807, 2.05) is 0 Å². The van der Waals surface area contributed by atoms with Crippen LogP contribution in [0.3, 0.4) is 0 Å². The van der Waals surface area contributed by atoms with Gasteiger partial charge in [-0.2, -0.15) is 0 Å². The monoisotopic (exact) mass is 512 g/mol. The van der Waals surface area contributed by atoms with E-state index in [1.165, 1.54) is 39.0 Å². The number of hydrogen-bond acceptors (Lipinski definition) is 0. The van der Waals surface area contributed by atoms with Gasteiger partial charge in [0, 0.05) is 11.3 Å². The van der Waals surface area contributed by atoms with Crippen LogP contribution >= 0.6 is 0 Å². The van der Waals surface area contributed by atoms with Gasteiger partial charge in [0.25, 0.3) is 0 Å². The number of benzene rings is 5. The van der Waals surface area contributed by atoms with Crippen LogP contribution in [0.4, 0.5) is 0 Å². The van der Waals surface area contributed by atoms with Crippen molar-refractivity contribution in [2.45, 2.75) is 5.92 Å². The quantitative estimate of drug-likeness (QED) is 0.190. The van der Waals surface area contributed by atoms with Gasteiger partial charge >= 0.3 is 0 Å². The van der Waals surface area contributed by atoms with E-state index >= 15 is 0 Å². The molecule has 0 saturated carbocycles. The Morgan fingerprint density at radius 2 is 0.700 bits per heavy atom. The molecule has 0 unspecified atom stereocenters. The van der Waals surface area contributed by atoms with E-state index in [2.05, 4.69) is 188 Å². The lowest BCUT2D eigenvalue weighted by Gasteiger charge is -2.29. The van der Waals surface area contributed by atoms with E-state index in [0.29, 0.717) is 0 Å². The zero-order valence-corrected chi connectivity index (χ0v) is 22.5. The maximum Gasteiger partial charge on any atom is 0.0442 e. The van der Waals surface area contributed by atoms with Crippen LogP contribution in [0.5, 0.6) is 0 Å². The predicted octanol–water partition coefficient (Wildman–Crippen LogP) is 10.1. The van der Waals surface area contributed by atoms with Crippen molar-refractivity contribution in [3.05, 3.63) is 216 Å². The molecule has 0 aliphatic heterocycles. The van der Waals surface area contributed by atoms with Crippen molar-refractivity contribution >= 4 is 11.1 Å². The molecule has 0 heterocycles. The van der Waals surface area contributed by atoms with Crippen molar-refractivity contribution < 1.29 is 0 Å². The largest absolute Gasteiger partial charge is 0.0758 e. The molecule has 1 aliphatic carbocycles. The average Bonchev–Trinajstić information content (AvgIpc) is 3.05. The third-order valence-electron chi connectivity index (χ3n) is 7.50. The zero-order valence-electron chi connectivity index (χ0n) is 22.5. The topological polar surface area (TPSA) is 0 Å². The summed E-state index contributed by atoms with van der Waals surface area (Å²) in [7, 11) is 0. The van der Waals surface area contributed by atoms with Crippen LogP contribution in [0.1, 0.15) is 33.7 Å². The predicted molar refractivity (Wildman–Crippen MR) is 170 cm³/mol. The second-order valence-electron chi connectivity index (χ2n) is 10.2. The molecule has 1 aliphatic rings. The number of rotatable bonds is 7. The van der Waals surface area contributed by atoms with Crippen LogP contribution < -0.4 is 0 Å². The minimum Gasteiger partial charge on any atom is -0.0758 e. The molecular weight excluding hydrogens is 480 g/mol. The first-order chi connectivity index (χ1) is 19.8. The summed E-state index contributed by atoms with van der Waals surface area (Å²) < 4.78 is 0. The van der Waals surface area contributed by atoms with E-state index in [1.54, 1.807) is 0 Å². The molecule has 0 N–H and O–H groups in total. The standard InChI is InChI=1S/C40H32/c1-6-16-32(17-7-1)33-26-28-40(29-27-33,30-38(34-18-8-2-9-19-34)35-20-10-3-11-21-35)31-39(36-22-12-4-13-23-36)37-24-14-5-15-25-37/h1-31,33H. The first-order valence-corrected chi connectivity index (χ1v) is 13.9. The highest BCUT2D eigenvalue weighted by Gasteiger charge is 2.26. The fraction of sp³-hybridized carbons (Fsp3) is 0.0500. The van der Waals surface area contributed by atoms with Crippen molar-refractivity contribution in [1.82, 2.24) is 0 Å². The maximum absolute atomic E-state index is 2.43. The molecule has 5 aromatic rings. The molecule has 6 rings (SSSR count). The first-order valence-electron chi connectivity index (χ1n) is 13.9. The van der Waals surface area contributed by atoms with Crippen molar-refractivity contribution in [3.8, 4) is 0 Å². The molecule has 0 spiro atoms. The molecule has 0 heteroatoms. The van der Waals surface area contributed by atoms with Gasteiger partial charge in [-0.3, -0.25) is 0 Å². The lowest BCUT2D eigenvalue weighted by molar-refractivity contribution is 0.784. The van der Waals surface area contributed by atoms with Gasteiger partial charge in [-0.15, -0.1) is 0 Å². The minimum absolute atomic E-state index is 0.241. The highest BCUT2D eigenvalue weighted by molar-refractivity contribution is 5.84. The Morgan fingerprint density at radius 3 is 1.02 bits per heavy atom. The molecule has 40 heavy (non-hydrogen) atoms. The summed E-state index contributed by atoms with van der Waals surface area (Å²) in [6.45, 7) is 0. The second-order valence-corrected chi connectivity index (χ2v) is 10.2. The van der Waals surface area contributed by atoms with Gasteiger partial charge in [0.05, 0.1) is 0 Å². The Balaban J connectivity index is 1.57. The summed E-state index contributed by atoms with van der Waals surface area (Å²) in [5.74, 6) is 0.241. The van der Waals surface area contributed by atoms with E-state index in [4.69, 9.17) is 0 Å². The molecule has 0 nitrogen and oxygen atoms in total. The summed E-state index contributed by atoms with van der Waals surface area (Å²) in [5, 5.41) is 0. The van der Waals surface area contributed by atoms with Gasteiger partial charge in [0.1, 0.15) is 0 Å². The highest BCUT2D eigenvalue weighted by atomic mass is 14.3. The summed E-state index contributed by atoms with van der Waals surface area (Å²) in [6, 6.07) is 53.6. The highest BCUT2D eigenvalue weighted by Crippen LogP contribution is 2.41. The Kier molecular flexibility index (Phi) is 7.51. The van der Waals surface area contributed by atoms with Gasteiger partial charge in [0.15, 0.2) is 0 Å². The summed E-state index contributed by atoms with van der Waals surface area (Å²) in [6.07, 6.45) is 14.3. The average molecular weight is 513 g/mol. The van der Waals surface area contributed by atoms with E-state index in [9.17, 15) is 0 Å². The Hall–Kier alpha value is -4.94. The molecule has 0 amide bonds. The normalized spacial score (nSPS) is 13.9. The Labute approximate surface area is 238 Å². The third-order valence-corrected chi connectivity index (χ3v) is 7.50. The van der Waals surface area contributed by atoms with Crippen LogP contribution in [0, 0.1) is 5.41 Å². The molecule has 0 saturated heterocycles. The van der Waals surface area contributed by atoms with E-state index in [-0.39, 0.29) is 5.92 Å². The van der Waals surface area contributed by atoms with Crippen LogP contribution in [-0.2, 0) is 0 Å².